The number of ether oxygens (including phenoxy) is 2. The van der Waals surface area contributed by atoms with E-state index < -0.39 is 0 Å². The highest BCUT2D eigenvalue weighted by molar-refractivity contribution is 6.35. The second-order valence-corrected chi connectivity index (χ2v) is 5.44. The van der Waals surface area contributed by atoms with Gasteiger partial charge in [-0.3, -0.25) is 4.79 Å². The third-order valence-electron chi connectivity index (χ3n) is 3.05. The molecule has 1 amide bonds. The van der Waals surface area contributed by atoms with E-state index in [1.165, 1.54) is 0 Å². The van der Waals surface area contributed by atoms with Crippen molar-refractivity contribution in [1.29, 1.82) is 0 Å². The fourth-order valence-corrected chi connectivity index (χ4v) is 2.24. The Bertz CT molecular complexity index is 708. The SMILES string of the molecule is COc1ccc(NCC(=O)Nc2cc(Cl)ccc2Cl)c(OC)c1. The maximum absolute atomic E-state index is 12.0. The largest absolute Gasteiger partial charge is 0.497 e. The molecule has 0 radical (unpaired) electrons. The van der Waals surface area contributed by atoms with Crippen LogP contribution in [0.2, 0.25) is 10.0 Å². The van der Waals surface area contributed by atoms with Crippen LogP contribution < -0.4 is 20.1 Å². The normalized spacial score (nSPS) is 10.1. The summed E-state index contributed by atoms with van der Waals surface area (Å²) in [6, 6.07) is 10.1. The summed E-state index contributed by atoms with van der Waals surface area (Å²) in [4.78, 5) is 12.0. The van der Waals surface area contributed by atoms with Crippen molar-refractivity contribution in [2.24, 2.45) is 0 Å². The third kappa shape index (κ3) is 4.68. The number of anilines is 2. The smallest absolute Gasteiger partial charge is 0.243 e. The van der Waals surface area contributed by atoms with Gasteiger partial charge in [-0.25, -0.2) is 0 Å². The molecule has 23 heavy (non-hydrogen) atoms. The predicted octanol–water partition coefficient (Wildman–Crippen LogP) is 4.06. The van der Waals surface area contributed by atoms with Gasteiger partial charge in [-0.1, -0.05) is 23.2 Å². The summed E-state index contributed by atoms with van der Waals surface area (Å²) < 4.78 is 10.4. The quantitative estimate of drug-likeness (QED) is 0.820. The Balaban J connectivity index is 2.00. The standard InChI is InChI=1S/C16H16Cl2N2O3/c1-22-11-4-6-13(15(8-11)23-2)19-9-16(21)20-14-7-10(17)3-5-12(14)18/h3-8,19H,9H2,1-2H3,(H,20,21). The van der Waals surface area contributed by atoms with Gasteiger partial charge in [-0.05, 0) is 30.3 Å². The predicted molar refractivity (Wildman–Crippen MR) is 93.1 cm³/mol. The fourth-order valence-electron chi connectivity index (χ4n) is 1.91. The number of rotatable bonds is 6. The van der Waals surface area contributed by atoms with Crippen LogP contribution in [-0.2, 0) is 4.79 Å². The lowest BCUT2D eigenvalue weighted by Crippen LogP contribution is -2.22. The first kappa shape index (κ1) is 17.2. The first-order chi connectivity index (χ1) is 11.0. The third-order valence-corrected chi connectivity index (χ3v) is 3.62. The molecule has 0 fully saturated rings. The van der Waals surface area contributed by atoms with Crippen LogP contribution >= 0.6 is 23.2 Å². The zero-order valence-electron chi connectivity index (χ0n) is 12.7. The van der Waals surface area contributed by atoms with Crippen molar-refractivity contribution in [3.05, 3.63) is 46.4 Å². The van der Waals surface area contributed by atoms with Crippen molar-refractivity contribution in [2.75, 3.05) is 31.4 Å². The number of halogens is 2. The fraction of sp³-hybridized carbons (Fsp3) is 0.188. The number of nitrogens with one attached hydrogen (secondary N) is 2. The Morgan fingerprint density at radius 2 is 1.83 bits per heavy atom. The van der Waals surface area contributed by atoms with E-state index in [9.17, 15) is 4.79 Å². The molecule has 0 heterocycles. The number of carbonyl (C=O) groups is 1. The van der Waals surface area contributed by atoms with Gasteiger partial charge in [0.15, 0.2) is 0 Å². The van der Waals surface area contributed by atoms with Gasteiger partial charge >= 0.3 is 0 Å². The van der Waals surface area contributed by atoms with Crippen molar-refractivity contribution >= 4 is 40.5 Å². The molecule has 0 unspecified atom stereocenters. The van der Waals surface area contributed by atoms with Gasteiger partial charge < -0.3 is 20.1 Å². The molecule has 0 bridgehead atoms. The monoisotopic (exact) mass is 354 g/mol. The molecule has 2 aromatic carbocycles. The lowest BCUT2D eigenvalue weighted by atomic mass is 10.2. The van der Waals surface area contributed by atoms with Crippen LogP contribution in [0.1, 0.15) is 0 Å². The molecule has 2 aromatic rings. The molecule has 7 heteroatoms. The van der Waals surface area contributed by atoms with Gasteiger partial charge in [-0.15, -0.1) is 0 Å². The first-order valence-electron chi connectivity index (χ1n) is 6.74. The molecule has 5 nitrogen and oxygen atoms in total. The van der Waals surface area contributed by atoms with Gasteiger partial charge in [0.1, 0.15) is 11.5 Å². The topological polar surface area (TPSA) is 59.6 Å². The highest BCUT2D eigenvalue weighted by Crippen LogP contribution is 2.29. The number of benzene rings is 2. The van der Waals surface area contributed by atoms with Crippen LogP contribution in [0, 0.1) is 0 Å². The minimum absolute atomic E-state index is 0.0472. The molecule has 2 N–H and O–H groups in total. The van der Waals surface area contributed by atoms with Gasteiger partial charge in [0, 0.05) is 11.1 Å². The minimum Gasteiger partial charge on any atom is -0.497 e. The van der Waals surface area contributed by atoms with Crippen molar-refractivity contribution in [1.82, 2.24) is 0 Å². The molecule has 0 spiro atoms. The average Bonchev–Trinajstić information content (AvgIpc) is 2.56. The van der Waals surface area contributed by atoms with Crippen LogP contribution in [0.15, 0.2) is 36.4 Å². The second kappa shape index (κ2) is 7.94. The first-order valence-corrected chi connectivity index (χ1v) is 7.50. The molecule has 0 atom stereocenters. The van der Waals surface area contributed by atoms with Gasteiger partial charge in [0.05, 0.1) is 37.2 Å². The van der Waals surface area contributed by atoms with Gasteiger partial charge in [-0.2, -0.15) is 0 Å². The molecular formula is C16H16Cl2N2O3. The summed E-state index contributed by atoms with van der Waals surface area (Å²) in [5, 5.41) is 6.61. The summed E-state index contributed by atoms with van der Waals surface area (Å²) in [5.74, 6) is 0.993. The van der Waals surface area contributed by atoms with E-state index in [2.05, 4.69) is 10.6 Å². The minimum atomic E-state index is -0.257. The molecular weight excluding hydrogens is 339 g/mol. The zero-order valence-corrected chi connectivity index (χ0v) is 14.2. The van der Waals surface area contributed by atoms with Crippen molar-refractivity contribution in [3.8, 4) is 11.5 Å². The van der Waals surface area contributed by atoms with E-state index in [-0.39, 0.29) is 12.5 Å². The lowest BCUT2D eigenvalue weighted by Gasteiger charge is -2.13. The van der Waals surface area contributed by atoms with E-state index in [1.807, 2.05) is 0 Å². The molecule has 0 saturated heterocycles. The Hall–Kier alpha value is -2.11. The van der Waals surface area contributed by atoms with Crippen LogP contribution in [0.4, 0.5) is 11.4 Å². The van der Waals surface area contributed by atoms with E-state index in [4.69, 9.17) is 32.7 Å². The van der Waals surface area contributed by atoms with E-state index in [1.54, 1.807) is 50.6 Å². The van der Waals surface area contributed by atoms with E-state index in [0.29, 0.717) is 32.9 Å². The lowest BCUT2D eigenvalue weighted by molar-refractivity contribution is -0.114. The van der Waals surface area contributed by atoms with Gasteiger partial charge in [0.25, 0.3) is 0 Å². The van der Waals surface area contributed by atoms with Crippen LogP contribution in [0.25, 0.3) is 0 Å². The summed E-state index contributed by atoms with van der Waals surface area (Å²) in [6.07, 6.45) is 0. The Kier molecular flexibility index (Phi) is 5.96. The number of methoxy groups -OCH3 is 2. The molecule has 0 saturated carbocycles. The maximum atomic E-state index is 12.0. The van der Waals surface area contributed by atoms with E-state index >= 15 is 0 Å². The summed E-state index contributed by atoms with van der Waals surface area (Å²) in [7, 11) is 3.12. The molecule has 122 valence electrons. The second-order valence-electron chi connectivity index (χ2n) is 4.59. The number of hydrogen-bond acceptors (Lipinski definition) is 4. The maximum Gasteiger partial charge on any atom is 0.243 e. The molecule has 0 aliphatic carbocycles. The average molecular weight is 355 g/mol. The van der Waals surface area contributed by atoms with Crippen LogP contribution in [0.3, 0.4) is 0 Å². The molecule has 2 rings (SSSR count). The van der Waals surface area contributed by atoms with Gasteiger partial charge in [0.2, 0.25) is 5.91 Å². The molecule has 0 aliphatic rings. The molecule has 0 aliphatic heterocycles. The molecule has 0 aromatic heterocycles. The highest BCUT2D eigenvalue weighted by Gasteiger charge is 2.09. The number of hydrogen-bond donors (Lipinski definition) is 2. The Morgan fingerprint density at radius 1 is 1.04 bits per heavy atom. The number of carbonyl (C=O) groups excluding carboxylic acids is 1. The Morgan fingerprint density at radius 3 is 2.52 bits per heavy atom. The summed E-state index contributed by atoms with van der Waals surface area (Å²) in [5.41, 5.74) is 1.15. The summed E-state index contributed by atoms with van der Waals surface area (Å²) >= 11 is 11.9. The zero-order chi connectivity index (χ0) is 16.8. The van der Waals surface area contributed by atoms with Crippen LogP contribution in [0.5, 0.6) is 11.5 Å². The highest BCUT2D eigenvalue weighted by atomic mass is 35.5. The summed E-state index contributed by atoms with van der Waals surface area (Å²) in [6.45, 7) is 0.0472. The number of amides is 1. The van der Waals surface area contributed by atoms with Crippen molar-refractivity contribution in [2.45, 2.75) is 0 Å². The Labute approximate surface area is 144 Å². The van der Waals surface area contributed by atoms with Crippen molar-refractivity contribution < 1.29 is 14.3 Å². The van der Waals surface area contributed by atoms with E-state index in [0.717, 1.165) is 0 Å². The van der Waals surface area contributed by atoms with Crippen LogP contribution in [-0.4, -0.2) is 26.7 Å². The van der Waals surface area contributed by atoms with Crippen molar-refractivity contribution in [3.63, 3.8) is 0 Å².